The quantitative estimate of drug-likeness (QED) is 0.797. The molecule has 2 aromatic rings. The van der Waals surface area contributed by atoms with Gasteiger partial charge in [0.05, 0.1) is 12.7 Å². The SMILES string of the molecule is Cc1oc(CNC(=O)Cn2ccnn2)cc1C(=O)O. The summed E-state index contributed by atoms with van der Waals surface area (Å²) in [7, 11) is 0. The van der Waals surface area contributed by atoms with E-state index < -0.39 is 5.97 Å². The van der Waals surface area contributed by atoms with Crippen LogP contribution in [-0.2, 0) is 17.9 Å². The van der Waals surface area contributed by atoms with Gasteiger partial charge in [-0.2, -0.15) is 0 Å². The average Bonchev–Trinajstić information content (AvgIpc) is 2.96. The van der Waals surface area contributed by atoms with E-state index in [2.05, 4.69) is 15.6 Å². The number of aromatic carboxylic acids is 1. The van der Waals surface area contributed by atoms with Crippen LogP contribution in [0.1, 0.15) is 21.9 Å². The Morgan fingerprint density at radius 1 is 1.53 bits per heavy atom. The second-order valence-electron chi connectivity index (χ2n) is 3.87. The van der Waals surface area contributed by atoms with E-state index in [-0.39, 0.29) is 24.6 Å². The highest BCUT2D eigenvalue weighted by molar-refractivity contribution is 5.88. The summed E-state index contributed by atoms with van der Waals surface area (Å²) in [6.07, 6.45) is 3.04. The van der Waals surface area contributed by atoms with Crippen molar-refractivity contribution in [2.24, 2.45) is 0 Å². The second kappa shape index (κ2) is 5.34. The van der Waals surface area contributed by atoms with Crippen LogP contribution in [0.5, 0.6) is 0 Å². The van der Waals surface area contributed by atoms with E-state index in [0.717, 1.165) is 0 Å². The van der Waals surface area contributed by atoms with Crippen molar-refractivity contribution < 1.29 is 19.1 Å². The van der Waals surface area contributed by atoms with E-state index in [0.29, 0.717) is 11.5 Å². The third-order valence-corrected chi connectivity index (χ3v) is 2.44. The number of aryl methyl sites for hydroxylation is 1. The predicted octanol–water partition coefficient (Wildman–Crippen LogP) is 0.194. The van der Waals surface area contributed by atoms with Gasteiger partial charge in [-0.25, -0.2) is 9.48 Å². The summed E-state index contributed by atoms with van der Waals surface area (Å²) in [5, 5.41) is 18.7. The zero-order valence-corrected chi connectivity index (χ0v) is 10.2. The highest BCUT2D eigenvalue weighted by Crippen LogP contribution is 2.14. The number of furan rings is 1. The van der Waals surface area contributed by atoms with Crippen LogP contribution < -0.4 is 5.32 Å². The monoisotopic (exact) mass is 264 g/mol. The Kier molecular flexibility index (Phi) is 3.60. The Labute approximate surface area is 108 Å². The lowest BCUT2D eigenvalue weighted by atomic mass is 10.2. The van der Waals surface area contributed by atoms with Crippen molar-refractivity contribution in [1.29, 1.82) is 0 Å². The van der Waals surface area contributed by atoms with Crippen molar-refractivity contribution >= 4 is 11.9 Å². The molecule has 0 aliphatic heterocycles. The molecule has 2 aromatic heterocycles. The highest BCUT2D eigenvalue weighted by atomic mass is 16.4. The number of rotatable bonds is 5. The smallest absolute Gasteiger partial charge is 0.339 e. The lowest BCUT2D eigenvalue weighted by Crippen LogP contribution is -2.27. The molecule has 0 saturated heterocycles. The Balaban J connectivity index is 1.90. The molecule has 0 aromatic carbocycles. The van der Waals surface area contributed by atoms with Crippen LogP contribution in [0.15, 0.2) is 22.9 Å². The maximum absolute atomic E-state index is 11.6. The molecule has 0 atom stereocenters. The zero-order chi connectivity index (χ0) is 13.8. The van der Waals surface area contributed by atoms with Gasteiger partial charge in [0.1, 0.15) is 23.6 Å². The van der Waals surface area contributed by atoms with Gasteiger partial charge in [0.2, 0.25) is 5.91 Å². The number of aromatic nitrogens is 3. The van der Waals surface area contributed by atoms with Gasteiger partial charge >= 0.3 is 5.97 Å². The van der Waals surface area contributed by atoms with Gasteiger partial charge in [-0.05, 0) is 13.0 Å². The summed E-state index contributed by atoms with van der Waals surface area (Å²) >= 11 is 0. The molecule has 0 aliphatic carbocycles. The van der Waals surface area contributed by atoms with Crippen molar-refractivity contribution in [1.82, 2.24) is 20.3 Å². The van der Waals surface area contributed by atoms with Gasteiger partial charge in [0.15, 0.2) is 0 Å². The first-order valence-corrected chi connectivity index (χ1v) is 5.49. The average molecular weight is 264 g/mol. The maximum atomic E-state index is 11.6. The third kappa shape index (κ3) is 3.18. The van der Waals surface area contributed by atoms with Crippen LogP contribution >= 0.6 is 0 Å². The Morgan fingerprint density at radius 3 is 2.89 bits per heavy atom. The van der Waals surface area contributed by atoms with E-state index in [1.54, 1.807) is 13.1 Å². The highest BCUT2D eigenvalue weighted by Gasteiger charge is 2.14. The first-order chi connectivity index (χ1) is 9.06. The molecular weight excluding hydrogens is 252 g/mol. The third-order valence-electron chi connectivity index (χ3n) is 2.44. The summed E-state index contributed by atoms with van der Waals surface area (Å²) in [6, 6.07) is 1.40. The number of amides is 1. The lowest BCUT2D eigenvalue weighted by molar-refractivity contribution is -0.122. The fraction of sp³-hybridized carbons (Fsp3) is 0.273. The van der Waals surface area contributed by atoms with Crippen molar-refractivity contribution in [2.45, 2.75) is 20.0 Å². The molecule has 2 rings (SSSR count). The van der Waals surface area contributed by atoms with Gasteiger partial charge in [-0.3, -0.25) is 4.79 Å². The minimum absolute atomic E-state index is 0.0471. The lowest BCUT2D eigenvalue weighted by Gasteiger charge is -2.02. The van der Waals surface area contributed by atoms with Gasteiger partial charge in [-0.15, -0.1) is 5.10 Å². The van der Waals surface area contributed by atoms with E-state index in [9.17, 15) is 9.59 Å². The predicted molar refractivity (Wildman–Crippen MR) is 62.3 cm³/mol. The number of hydrogen-bond donors (Lipinski definition) is 2. The molecule has 1 amide bonds. The first-order valence-electron chi connectivity index (χ1n) is 5.49. The van der Waals surface area contributed by atoms with E-state index in [4.69, 9.17) is 9.52 Å². The van der Waals surface area contributed by atoms with Crippen LogP contribution in [0.25, 0.3) is 0 Å². The second-order valence-corrected chi connectivity index (χ2v) is 3.87. The van der Waals surface area contributed by atoms with Gasteiger partial charge in [-0.1, -0.05) is 5.21 Å². The molecule has 2 heterocycles. The number of carboxylic acid groups (broad SMARTS) is 1. The topological polar surface area (TPSA) is 110 Å². The Morgan fingerprint density at radius 2 is 2.32 bits per heavy atom. The van der Waals surface area contributed by atoms with Crippen molar-refractivity contribution in [2.75, 3.05) is 0 Å². The molecule has 0 unspecified atom stereocenters. The first kappa shape index (κ1) is 12.8. The normalized spacial score (nSPS) is 10.4. The summed E-state index contributed by atoms with van der Waals surface area (Å²) in [5.74, 6) is -0.618. The van der Waals surface area contributed by atoms with Crippen LogP contribution in [0.3, 0.4) is 0 Å². The van der Waals surface area contributed by atoms with E-state index in [1.165, 1.54) is 16.9 Å². The molecule has 8 heteroatoms. The van der Waals surface area contributed by atoms with Crippen LogP contribution in [0.4, 0.5) is 0 Å². The number of carbonyl (C=O) groups is 2. The number of carbonyl (C=O) groups excluding carboxylic acids is 1. The van der Waals surface area contributed by atoms with E-state index in [1.807, 2.05) is 0 Å². The van der Waals surface area contributed by atoms with Gasteiger partial charge < -0.3 is 14.8 Å². The number of carboxylic acids is 1. The standard InChI is InChI=1S/C11H12N4O4/c1-7-9(11(17)18)4-8(19-7)5-12-10(16)6-15-3-2-13-14-15/h2-4H,5-6H2,1H3,(H,12,16)(H,17,18). The molecule has 2 N–H and O–H groups in total. The molecule has 0 bridgehead atoms. The van der Waals surface area contributed by atoms with Crippen molar-refractivity contribution in [3.63, 3.8) is 0 Å². The summed E-state index contributed by atoms with van der Waals surface area (Å²) < 4.78 is 6.61. The van der Waals surface area contributed by atoms with Gasteiger partial charge in [0.25, 0.3) is 0 Å². The molecule has 0 aliphatic rings. The van der Waals surface area contributed by atoms with Crippen molar-refractivity contribution in [3.8, 4) is 0 Å². The minimum atomic E-state index is -1.05. The van der Waals surface area contributed by atoms with Crippen molar-refractivity contribution in [3.05, 3.63) is 35.5 Å². The van der Waals surface area contributed by atoms with Crippen LogP contribution in [0.2, 0.25) is 0 Å². The summed E-state index contributed by atoms with van der Waals surface area (Å²) in [5.41, 5.74) is 0.0977. The number of nitrogens with zero attached hydrogens (tertiary/aromatic N) is 3. The maximum Gasteiger partial charge on any atom is 0.339 e. The summed E-state index contributed by atoms with van der Waals surface area (Å²) in [4.78, 5) is 22.4. The molecule has 0 radical (unpaired) electrons. The largest absolute Gasteiger partial charge is 0.478 e. The molecular formula is C11H12N4O4. The summed E-state index contributed by atoms with van der Waals surface area (Å²) in [6.45, 7) is 1.73. The Hall–Kier alpha value is -2.64. The fourth-order valence-electron chi connectivity index (χ4n) is 1.55. The fourth-order valence-corrected chi connectivity index (χ4v) is 1.55. The molecule has 8 nitrogen and oxygen atoms in total. The number of hydrogen-bond acceptors (Lipinski definition) is 5. The molecule has 100 valence electrons. The number of nitrogens with one attached hydrogen (secondary N) is 1. The van der Waals surface area contributed by atoms with E-state index >= 15 is 0 Å². The molecule has 0 fully saturated rings. The van der Waals surface area contributed by atoms with Gasteiger partial charge in [0, 0.05) is 6.20 Å². The van der Waals surface area contributed by atoms with Crippen LogP contribution in [-0.4, -0.2) is 32.0 Å². The zero-order valence-electron chi connectivity index (χ0n) is 10.2. The van der Waals surface area contributed by atoms with Crippen LogP contribution in [0, 0.1) is 6.92 Å². The Bertz CT molecular complexity index is 588. The minimum Gasteiger partial charge on any atom is -0.478 e. The molecule has 0 spiro atoms. The molecule has 0 saturated carbocycles. The molecule has 19 heavy (non-hydrogen) atoms.